The second-order valence-electron chi connectivity index (χ2n) is 6.88. The maximum absolute atomic E-state index is 12.1. The van der Waals surface area contributed by atoms with Crippen molar-refractivity contribution in [3.05, 3.63) is 59.5 Å². The highest BCUT2D eigenvalue weighted by Crippen LogP contribution is 2.24. The van der Waals surface area contributed by atoms with Crippen LogP contribution in [-0.4, -0.2) is 45.2 Å². The van der Waals surface area contributed by atoms with Crippen LogP contribution in [0, 0.1) is 0 Å². The number of hydrogen-bond acceptors (Lipinski definition) is 9. The Bertz CT molecular complexity index is 969. The van der Waals surface area contributed by atoms with Crippen molar-refractivity contribution < 1.29 is 14.3 Å². The van der Waals surface area contributed by atoms with Crippen molar-refractivity contribution in [2.75, 3.05) is 29.2 Å². The molecule has 2 heterocycles. The average Bonchev–Trinajstić information content (AvgIpc) is 3.42. The van der Waals surface area contributed by atoms with E-state index in [2.05, 4.69) is 48.6 Å². The lowest BCUT2D eigenvalue weighted by atomic mass is 10.1. The number of aliphatic hydroxyl groups is 1. The molecule has 5 N–H and O–H groups in total. The van der Waals surface area contributed by atoms with E-state index in [9.17, 15) is 4.79 Å². The van der Waals surface area contributed by atoms with Crippen LogP contribution in [0.4, 0.5) is 17.8 Å². The average molecular weight is 409 g/mol. The highest BCUT2D eigenvalue weighted by Gasteiger charge is 2.22. The van der Waals surface area contributed by atoms with Crippen LogP contribution >= 0.6 is 0 Å². The van der Waals surface area contributed by atoms with Crippen LogP contribution in [-0.2, 0) is 12.8 Å². The van der Waals surface area contributed by atoms with Crippen molar-refractivity contribution in [3.63, 3.8) is 0 Å². The first-order chi connectivity index (χ1) is 14.7. The first-order valence-electron chi connectivity index (χ1n) is 9.75. The molecule has 0 radical (unpaired) electrons. The molecule has 1 aliphatic rings. The number of hydrogen-bond donors (Lipinski definition) is 5. The number of carbonyl (C=O) groups excluding carboxylic acids is 1. The van der Waals surface area contributed by atoms with Crippen molar-refractivity contribution in [2.24, 2.45) is 0 Å². The molecule has 1 aliphatic carbocycles. The summed E-state index contributed by atoms with van der Waals surface area (Å²) in [6.07, 6.45) is 3.74. The van der Waals surface area contributed by atoms with E-state index < -0.39 is 5.91 Å². The zero-order chi connectivity index (χ0) is 20.8. The van der Waals surface area contributed by atoms with Gasteiger partial charge in [0.2, 0.25) is 17.8 Å². The third-order valence-corrected chi connectivity index (χ3v) is 4.67. The number of benzene rings is 1. The zero-order valence-electron chi connectivity index (χ0n) is 16.3. The molecule has 0 aliphatic heterocycles. The predicted octanol–water partition coefficient (Wildman–Crippen LogP) is 1.60. The molecule has 0 atom stereocenters. The fraction of sp³-hybridized carbons (Fsp3) is 0.300. The number of carbonyl (C=O) groups is 1. The summed E-state index contributed by atoms with van der Waals surface area (Å²) >= 11 is 0. The van der Waals surface area contributed by atoms with E-state index in [1.54, 1.807) is 12.1 Å². The lowest BCUT2D eigenvalue weighted by molar-refractivity contribution is 0.0935. The number of nitrogens with zero attached hydrogens (tertiary/aromatic N) is 3. The Morgan fingerprint density at radius 3 is 2.47 bits per heavy atom. The second-order valence-corrected chi connectivity index (χ2v) is 6.88. The summed E-state index contributed by atoms with van der Waals surface area (Å²) in [5, 5.41) is 15.4. The third-order valence-electron chi connectivity index (χ3n) is 4.67. The fourth-order valence-electron chi connectivity index (χ4n) is 3.28. The summed E-state index contributed by atoms with van der Waals surface area (Å²) in [6, 6.07) is 11.7. The maximum Gasteiger partial charge on any atom is 0.305 e. The minimum absolute atomic E-state index is 0.0633. The van der Waals surface area contributed by atoms with Gasteiger partial charge in [-0.25, -0.2) is 0 Å². The topological polar surface area (TPSA) is 137 Å². The molecule has 10 heteroatoms. The molecule has 2 aromatic heterocycles. The van der Waals surface area contributed by atoms with Gasteiger partial charge in [0.25, 0.3) is 0 Å². The van der Waals surface area contributed by atoms with E-state index in [4.69, 9.17) is 9.52 Å². The predicted molar refractivity (Wildman–Crippen MR) is 111 cm³/mol. The van der Waals surface area contributed by atoms with Gasteiger partial charge in [0.15, 0.2) is 5.76 Å². The van der Waals surface area contributed by atoms with Gasteiger partial charge in [-0.05, 0) is 42.5 Å². The summed E-state index contributed by atoms with van der Waals surface area (Å²) < 4.78 is 5.06. The molecular formula is C20H23N7O3. The summed E-state index contributed by atoms with van der Waals surface area (Å²) in [7, 11) is 0. The van der Waals surface area contributed by atoms with Crippen molar-refractivity contribution in [1.29, 1.82) is 0 Å². The van der Waals surface area contributed by atoms with E-state index in [1.807, 2.05) is 12.1 Å². The van der Waals surface area contributed by atoms with Crippen LogP contribution in [0.15, 0.2) is 47.1 Å². The van der Waals surface area contributed by atoms with Gasteiger partial charge in [0, 0.05) is 19.2 Å². The number of fused-ring (bicyclic) bond motifs is 1. The van der Waals surface area contributed by atoms with Crippen molar-refractivity contribution in [1.82, 2.24) is 20.4 Å². The van der Waals surface area contributed by atoms with Crippen LogP contribution in [0.3, 0.4) is 0 Å². The van der Waals surface area contributed by atoms with Crippen molar-refractivity contribution >= 4 is 23.8 Å². The maximum atomic E-state index is 12.1. The molecule has 1 amide bonds. The molecule has 30 heavy (non-hydrogen) atoms. The molecule has 10 nitrogen and oxygen atoms in total. The summed E-state index contributed by atoms with van der Waals surface area (Å²) in [5.74, 6) is 0.626. The van der Waals surface area contributed by atoms with Gasteiger partial charge in [-0.15, -0.1) is 0 Å². The largest absolute Gasteiger partial charge is 0.459 e. The third kappa shape index (κ3) is 4.84. The summed E-state index contributed by atoms with van der Waals surface area (Å²) in [6.45, 7) is 0.570. The van der Waals surface area contributed by atoms with E-state index in [0.29, 0.717) is 24.9 Å². The molecule has 0 fully saturated rings. The Hall–Kier alpha value is -3.66. The standard InChI is InChI=1S/C20H23N7O3/c28-9-4-8-21-18-23-19(22-15-11-13-5-1-2-6-14(13)12-15)25-20(24-18)27-26-17(29)16-7-3-10-30-16/h1-3,5-7,10,15,28H,4,8-9,11-12H2,(H,26,29)(H3,21,22,23,24,25,27). The van der Waals surface area contributed by atoms with Gasteiger partial charge < -0.3 is 20.2 Å². The minimum atomic E-state index is -0.448. The summed E-state index contributed by atoms with van der Waals surface area (Å²) in [4.78, 5) is 25.1. The number of aliphatic hydroxyl groups excluding tert-OH is 1. The van der Waals surface area contributed by atoms with Crippen LogP contribution in [0.25, 0.3) is 0 Å². The SMILES string of the molecule is O=C(NNc1nc(NCCCO)nc(NC2Cc3ccccc3C2)n1)c1ccco1. The number of rotatable bonds is 9. The lowest BCUT2D eigenvalue weighted by Crippen LogP contribution is -2.31. The number of furan rings is 1. The Morgan fingerprint density at radius 2 is 1.77 bits per heavy atom. The number of hydrazine groups is 1. The molecule has 0 saturated carbocycles. The Morgan fingerprint density at radius 1 is 1.03 bits per heavy atom. The normalized spacial score (nSPS) is 13.0. The Balaban J connectivity index is 1.45. The molecule has 0 saturated heterocycles. The number of nitrogens with one attached hydrogen (secondary N) is 4. The van der Waals surface area contributed by atoms with Crippen LogP contribution < -0.4 is 21.5 Å². The smallest absolute Gasteiger partial charge is 0.305 e. The summed E-state index contributed by atoms with van der Waals surface area (Å²) in [5.41, 5.74) is 7.82. The van der Waals surface area contributed by atoms with Crippen LogP contribution in [0.5, 0.6) is 0 Å². The number of anilines is 3. The van der Waals surface area contributed by atoms with Crippen molar-refractivity contribution in [2.45, 2.75) is 25.3 Å². The highest BCUT2D eigenvalue weighted by molar-refractivity contribution is 5.91. The number of aromatic nitrogens is 3. The highest BCUT2D eigenvalue weighted by atomic mass is 16.3. The van der Waals surface area contributed by atoms with Gasteiger partial charge in [-0.3, -0.25) is 15.6 Å². The van der Waals surface area contributed by atoms with Crippen molar-refractivity contribution in [3.8, 4) is 0 Å². The monoisotopic (exact) mass is 409 g/mol. The van der Waals surface area contributed by atoms with Gasteiger partial charge >= 0.3 is 5.91 Å². The van der Waals surface area contributed by atoms with Gasteiger partial charge in [-0.2, -0.15) is 15.0 Å². The molecule has 3 aromatic rings. The number of amides is 1. The molecule has 0 unspecified atom stereocenters. The molecular weight excluding hydrogens is 386 g/mol. The van der Waals surface area contributed by atoms with Crippen LogP contribution in [0.2, 0.25) is 0 Å². The fourth-order valence-corrected chi connectivity index (χ4v) is 3.28. The van der Waals surface area contributed by atoms with E-state index in [-0.39, 0.29) is 24.4 Å². The van der Waals surface area contributed by atoms with E-state index in [1.165, 1.54) is 17.4 Å². The molecule has 1 aromatic carbocycles. The van der Waals surface area contributed by atoms with Crippen LogP contribution in [0.1, 0.15) is 28.1 Å². The quantitative estimate of drug-likeness (QED) is 0.263. The van der Waals surface area contributed by atoms with Gasteiger partial charge in [0.1, 0.15) is 0 Å². The Labute approximate surface area is 173 Å². The first kappa shape index (κ1) is 19.6. The first-order valence-corrected chi connectivity index (χ1v) is 9.75. The molecule has 4 rings (SSSR count). The zero-order valence-corrected chi connectivity index (χ0v) is 16.3. The molecule has 156 valence electrons. The Kier molecular flexibility index (Phi) is 6.04. The van der Waals surface area contributed by atoms with Gasteiger partial charge in [-0.1, -0.05) is 24.3 Å². The molecule has 0 spiro atoms. The van der Waals surface area contributed by atoms with E-state index in [0.717, 1.165) is 12.8 Å². The second kappa shape index (κ2) is 9.23. The van der Waals surface area contributed by atoms with E-state index >= 15 is 0 Å². The lowest BCUT2D eigenvalue weighted by Gasteiger charge is -2.14. The molecule has 0 bridgehead atoms. The van der Waals surface area contributed by atoms with Gasteiger partial charge in [0.05, 0.1) is 6.26 Å². The minimum Gasteiger partial charge on any atom is -0.459 e.